The van der Waals surface area contributed by atoms with Crippen molar-refractivity contribution in [2.45, 2.75) is 5.16 Å². The quantitative estimate of drug-likeness (QED) is 0.353. The molecule has 4 rings (SSSR count). The SMILES string of the molecule is COc1ccc(-c2nc3ccccc3c3n2nc(SC)[n+]3N)cc1. The van der Waals surface area contributed by atoms with E-state index in [4.69, 9.17) is 15.6 Å². The second-order valence-corrected chi connectivity index (χ2v) is 6.05. The molecule has 4 aromatic rings. The molecule has 7 heteroatoms. The molecule has 0 spiro atoms. The second kappa shape index (κ2) is 5.68. The van der Waals surface area contributed by atoms with Gasteiger partial charge in [-0.1, -0.05) is 23.9 Å². The maximum absolute atomic E-state index is 6.27. The summed E-state index contributed by atoms with van der Waals surface area (Å²) in [5.41, 5.74) is 2.64. The number of ether oxygens (including phenoxy) is 1. The largest absolute Gasteiger partial charge is 0.497 e. The summed E-state index contributed by atoms with van der Waals surface area (Å²) in [6.45, 7) is 0. The highest BCUT2D eigenvalue weighted by molar-refractivity contribution is 7.98. The van der Waals surface area contributed by atoms with Gasteiger partial charge < -0.3 is 4.74 Å². The van der Waals surface area contributed by atoms with E-state index in [1.807, 2.05) is 54.8 Å². The van der Waals surface area contributed by atoms with Crippen LogP contribution in [0, 0.1) is 0 Å². The van der Waals surface area contributed by atoms with Crippen molar-refractivity contribution in [1.29, 1.82) is 0 Å². The van der Waals surface area contributed by atoms with Gasteiger partial charge in [-0.25, -0.2) is 4.98 Å². The Labute approximate surface area is 142 Å². The Bertz CT molecular complexity index is 1040. The average molecular weight is 338 g/mol. The molecule has 24 heavy (non-hydrogen) atoms. The van der Waals surface area contributed by atoms with E-state index < -0.39 is 0 Å². The van der Waals surface area contributed by atoms with Gasteiger partial charge in [0.25, 0.3) is 5.65 Å². The van der Waals surface area contributed by atoms with Gasteiger partial charge in [0.05, 0.1) is 23.1 Å². The summed E-state index contributed by atoms with van der Waals surface area (Å²) in [5.74, 6) is 7.82. The third-order valence-electron chi connectivity index (χ3n) is 3.92. The van der Waals surface area contributed by atoms with E-state index in [1.165, 1.54) is 11.8 Å². The fourth-order valence-electron chi connectivity index (χ4n) is 2.75. The summed E-state index contributed by atoms with van der Waals surface area (Å²) >= 11 is 1.50. The molecule has 120 valence electrons. The molecule has 0 radical (unpaired) electrons. The predicted octanol–water partition coefficient (Wildman–Crippen LogP) is 2.28. The Morgan fingerprint density at radius 3 is 2.58 bits per heavy atom. The minimum atomic E-state index is 0.725. The third kappa shape index (κ3) is 2.16. The normalized spacial score (nSPS) is 11.2. The topological polar surface area (TPSA) is 69.3 Å². The number of aromatic nitrogens is 4. The van der Waals surface area contributed by atoms with Crippen LogP contribution < -0.4 is 15.3 Å². The van der Waals surface area contributed by atoms with Crippen molar-refractivity contribution in [1.82, 2.24) is 14.6 Å². The predicted molar refractivity (Wildman–Crippen MR) is 94.6 cm³/mol. The molecule has 6 nitrogen and oxygen atoms in total. The van der Waals surface area contributed by atoms with E-state index in [2.05, 4.69) is 5.10 Å². The highest BCUT2D eigenvalue weighted by Crippen LogP contribution is 2.26. The zero-order valence-corrected chi connectivity index (χ0v) is 14.1. The van der Waals surface area contributed by atoms with Gasteiger partial charge in [-0.3, -0.25) is 5.84 Å². The van der Waals surface area contributed by atoms with E-state index in [0.717, 1.165) is 38.8 Å². The number of rotatable bonds is 3. The number of thioether (sulfide) groups is 1. The second-order valence-electron chi connectivity index (χ2n) is 5.27. The van der Waals surface area contributed by atoms with Gasteiger partial charge in [-0.05, 0) is 47.2 Å². The molecule has 0 aliphatic carbocycles. The number of nitrogens with two attached hydrogens (primary N) is 1. The zero-order valence-electron chi connectivity index (χ0n) is 13.3. The van der Waals surface area contributed by atoms with Crippen LogP contribution in [0.15, 0.2) is 53.7 Å². The summed E-state index contributed by atoms with van der Waals surface area (Å²) in [4.78, 5) is 4.80. The fourth-order valence-corrected chi connectivity index (χ4v) is 3.20. The number of fused-ring (bicyclic) bond motifs is 3. The van der Waals surface area contributed by atoms with Crippen LogP contribution >= 0.6 is 11.8 Å². The summed E-state index contributed by atoms with van der Waals surface area (Å²) in [7, 11) is 1.65. The summed E-state index contributed by atoms with van der Waals surface area (Å²) in [6, 6.07) is 15.7. The van der Waals surface area contributed by atoms with Crippen LogP contribution in [0.4, 0.5) is 0 Å². The first-order valence-corrected chi connectivity index (χ1v) is 8.62. The molecule has 2 aromatic heterocycles. The third-order valence-corrected chi connectivity index (χ3v) is 4.57. The minimum absolute atomic E-state index is 0.725. The number of hydrogen-bond acceptors (Lipinski definition) is 5. The number of benzene rings is 2. The van der Waals surface area contributed by atoms with Gasteiger partial charge >= 0.3 is 5.16 Å². The lowest BCUT2D eigenvalue weighted by molar-refractivity contribution is -0.651. The fraction of sp³-hybridized carbons (Fsp3) is 0.118. The molecule has 0 aliphatic heterocycles. The number of nitrogen functional groups attached to an aromatic ring is 1. The zero-order chi connectivity index (χ0) is 16.7. The van der Waals surface area contributed by atoms with Crippen molar-refractivity contribution in [3.05, 3.63) is 48.5 Å². The van der Waals surface area contributed by atoms with Gasteiger partial charge in [0.1, 0.15) is 5.75 Å². The molecule has 2 heterocycles. The van der Waals surface area contributed by atoms with Gasteiger partial charge in [0, 0.05) is 5.56 Å². The van der Waals surface area contributed by atoms with Crippen molar-refractivity contribution in [3.8, 4) is 17.1 Å². The molecule has 0 amide bonds. The summed E-state index contributed by atoms with van der Waals surface area (Å²) in [5, 5.41) is 6.31. The van der Waals surface area contributed by atoms with Crippen molar-refractivity contribution in [2.24, 2.45) is 0 Å². The molecule has 0 saturated carbocycles. The van der Waals surface area contributed by atoms with Crippen LogP contribution in [0.3, 0.4) is 0 Å². The molecule has 0 unspecified atom stereocenters. The van der Waals surface area contributed by atoms with Crippen LogP contribution in [0.5, 0.6) is 5.75 Å². The highest BCUT2D eigenvalue weighted by atomic mass is 32.2. The lowest BCUT2D eigenvalue weighted by Crippen LogP contribution is -2.45. The van der Waals surface area contributed by atoms with Crippen LogP contribution in [0.1, 0.15) is 0 Å². The monoisotopic (exact) mass is 338 g/mol. The molecular formula is C17H16N5OS+. The lowest BCUT2D eigenvalue weighted by Gasteiger charge is -2.04. The first kappa shape index (κ1) is 14.8. The molecule has 0 bridgehead atoms. The first-order chi connectivity index (χ1) is 11.7. The number of hydrogen-bond donors (Lipinski definition) is 1. The molecule has 0 atom stereocenters. The molecule has 0 fully saturated rings. The smallest absolute Gasteiger partial charge is 0.358 e. The van der Waals surface area contributed by atoms with E-state index >= 15 is 0 Å². The Balaban J connectivity index is 2.09. The van der Waals surface area contributed by atoms with Crippen LogP contribution in [0.2, 0.25) is 0 Å². The van der Waals surface area contributed by atoms with Gasteiger partial charge in [-0.15, -0.1) is 4.68 Å². The Morgan fingerprint density at radius 1 is 1.12 bits per heavy atom. The van der Waals surface area contributed by atoms with Crippen molar-refractivity contribution in [2.75, 3.05) is 19.2 Å². The van der Waals surface area contributed by atoms with Crippen LogP contribution in [0.25, 0.3) is 27.9 Å². The van der Waals surface area contributed by atoms with Crippen LogP contribution in [-0.4, -0.2) is 28.0 Å². The van der Waals surface area contributed by atoms with E-state index in [0.29, 0.717) is 0 Å². The standard InChI is InChI=1S/C17H16N5OS/c1-23-12-9-7-11(8-10-12)15-19-14-6-4-3-5-13(14)16-21(18)17(24-2)20-22(15)16/h3-10H,18H2,1-2H3/q+1. The lowest BCUT2D eigenvalue weighted by atomic mass is 10.2. The maximum atomic E-state index is 6.27. The Morgan fingerprint density at radius 2 is 1.88 bits per heavy atom. The van der Waals surface area contributed by atoms with E-state index in [-0.39, 0.29) is 0 Å². The number of methoxy groups -OCH3 is 1. The van der Waals surface area contributed by atoms with Gasteiger partial charge in [-0.2, -0.15) is 0 Å². The molecule has 2 aromatic carbocycles. The first-order valence-electron chi connectivity index (χ1n) is 7.40. The number of para-hydroxylation sites is 1. The molecule has 0 saturated heterocycles. The summed E-state index contributed by atoms with van der Waals surface area (Å²) in [6.07, 6.45) is 1.95. The van der Waals surface area contributed by atoms with Crippen molar-refractivity contribution < 1.29 is 9.41 Å². The Hall–Kier alpha value is -2.80. The molecule has 2 N–H and O–H groups in total. The number of nitrogens with zero attached hydrogens (tertiary/aromatic N) is 4. The van der Waals surface area contributed by atoms with Crippen molar-refractivity contribution >= 4 is 28.3 Å². The maximum Gasteiger partial charge on any atom is 0.358 e. The molecular weight excluding hydrogens is 322 g/mol. The van der Waals surface area contributed by atoms with Gasteiger partial charge in [0.15, 0.2) is 0 Å². The average Bonchev–Trinajstić information content (AvgIpc) is 2.98. The van der Waals surface area contributed by atoms with Gasteiger partial charge in [0.2, 0.25) is 5.82 Å². The Kier molecular flexibility index (Phi) is 3.50. The van der Waals surface area contributed by atoms with Crippen LogP contribution in [-0.2, 0) is 0 Å². The molecule has 0 aliphatic rings. The van der Waals surface area contributed by atoms with E-state index in [1.54, 1.807) is 16.3 Å². The highest BCUT2D eigenvalue weighted by Gasteiger charge is 2.25. The van der Waals surface area contributed by atoms with E-state index in [9.17, 15) is 0 Å². The van der Waals surface area contributed by atoms with Crippen molar-refractivity contribution in [3.63, 3.8) is 0 Å². The minimum Gasteiger partial charge on any atom is -0.497 e. The summed E-state index contributed by atoms with van der Waals surface area (Å²) < 4.78 is 8.65.